The first kappa shape index (κ1) is 11.3. The summed E-state index contributed by atoms with van der Waals surface area (Å²) in [5.74, 6) is -0.359. The predicted molar refractivity (Wildman–Crippen MR) is 60.1 cm³/mol. The van der Waals surface area contributed by atoms with E-state index in [0.717, 1.165) is 0 Å². The second-order valence-corrected chi connectivity index (χ2v) is 3.17. The molecule has 0 spiro atoms. The lowest BCUT2D eigenvalue weighted by molar-refractivity contribution is 0.100. The van der Waals surface area contributed by atoms with Crippen LogP contribution in [0.2, 0.25) is 0 Å². The largest absolute Gasteiger partial charge is 0.390 e. The third-order valence-corrected chi connectivity index (χ3v) is 1.90. The van der Waals surface area contributed by atoms with E-state index >= 15 is 0 Å². The predicted octanol–water partition coefficient (Wildman–Crippen LogP) is 1.84. The van der Waals surface area contributed by atoms with Gasteiger partial charge in [-0.3, -0.25) is 4.79 Å². The van der Waals surface area contributed by atoms with Gasteiger partial charge in [-0.1, -0.05) is 24.8 Å². The smallest absolute Gasteiger partial charge is 0.277 e. The molecule has 1 aromatic rings. The SMILES string of the molecule is C=C(C)C(CO)=NC(=O)c1ccccc1. The van der Waals surface area contributed by atoms with Gasteiger partial charge in [0, 0.05) is 5.56 Å². The van der Waals surface area contributed by atoms with E-state index in [-0.39, 0.29) is 12.5 Å². The number of hydrogen-bond acceptors (Lipinski definition) is 2. The lowest BCUT2D eigenvalue weighted by atomic mass is 10.2. The van der Waals surface area contributed by atoms with Crippen molar-refractivity contribution >= 4 is 11.6 Å². The van der Waals surface area contributed by atoms with Crippen LogP contribution in [0.25, 0.3) is 0 Å². The molecule has 1 N–H and O–H groups in total. The van der Waals surface area contributed by atoms with Gasteiger partial charge in [0.05, 0.1) is 12.3 Å². The molecule has 15 heavy (non-hydrogen) atoms. The minimum atomic E-state index is -0.359. The Labute approximate surface area is 88.8 Å². The van der Waals surface area contributed by atoms with Crippen molar-refractivity contribution in [2.24, 2.45) is 4.99 Å². The van der Waals surface area contributed by atoms with Gasteiger partial charge < -0.3 is 5.11 Å². The summed E-state index contributed by atoms with van der Waals surface area (Å²) in [6.07, 6.45) is 0. The zero-order valence-electron chi connectivity index (χ0n) is 8.60. The van der Waals surface area contributed by atoms with Crippen LogP contribution in [0.5, 0.6) is 0 Å². The zero-order valence-corrected chi connectivity index (χ0v) is 8.60. The molecular weight excluding hydrogens is 190 g/mol. The van der Waals surface area contributed by atoms with Gasteiger partial charge in [0.25, 0.3) is 5.91 Å². The van der Waals surface area contributed by atoms with Gasteiger partial charge in [-0.2, -0.15) is 0 Å². The highest BCUT2D eigenvalue weighted by atomic mass is 16.3. The maximum atomic E-state index is 11.6. The van der Waals surface area contributed by atoms with E-state index in [2.05, 4.69) is 11.6 Å². The molecule has 0 heterocycles. The molecule has 0 radical (unpaired) electrons. The number of aliphatic hydroxyl groups excluding tert-OH is 1. The third-order valence-electron chi connectivity index (χ3n) is 1.90. The van der Waals surface area contributed by atoms with Gasteiger partial charge in [-0.25, -0.2) is 4.99 Å². The van der Waals surface area contributed by atoms with Crippen molar-refractivity contribution in [2.45, 2.75) is 6.92 Å². The van der Waals surface area contributed by atoms with E-state index in [1.54, 1.807) is 31.2 Å². The van der Waals surface area contributed by atoms with Gasteiger partial charge in [-0.05, 0) is 24.6 Å². The normalized spacial score (nSPS) is 11.2. The van der Waals surface area contributed by atoms with Crippen molar-refractivity contribution in [1.82, 2.24) is 0 Å². The monoisotopic (exact) mass is 203 g/mol. The zero-order chi connectivity index (χ0) is 11.3. The second kappa shape index (κ2) is 5.22. The van der Waals surface area contributed by atoms with E-state index in [4.69, 9.17) is 5.11 Å². The molecule has 0 aromatic heterocycles. The highest BCUT2D eigenvalue weighted by Crippen LogP contribution is 2.03. The molecule has 0 saturated heterocycles. The quantitative estimate of drug-likeness (QED) is 0.762. The molecule has 0 aliphatic heterocycles. The molecule has 0 atom stereocenters. The van der Waals surface area contributed by atoms with Crippen LogP contribution in [-0.4, -0.2) is 23.3 Å². The van der Waals surface area contributed by atoms with Crippen molar-refractivity contribution in [1.29, 1.82) is 0 Å². The van der Waals surface area contributed by atoms with Crippen LogP contribution in [0.1, 0.15) is 17.3 Å². The van der Waals surface area contributed by atoms with Crippen LogP contribution in [0.15, 0.2) is 47.5 Å². The Morgan fingerprint density at radius 3 is 2.47 bits per heavy atom. The minimum absolute atomic E-state index is 0.270. The van der Waals surface area contributed by atoms with Crippen LogP contribution in [0, 0.1) is 0 Å². The van der Waals surface area contributed by atoms with Gasteiger partial charge in [-0.15, -0.1) is 0 Å². The molecule has 0 aliphatic rings. The summed E-state index contributed by atoms with van der Waals surface area (Å²) in [6.45, 7) is 5.06. The average molecular weight is 203 g/mol. The van der Waals surface area contributed by atoms with E-state index < -0.39 is 0 Å². The molecule has 78 valence electrons. The summed E-state index contributed by atoms with van der Waals surface area (Å²) in [5.41, 5.74) is 1.43. The summed E-state index contributed by atoms with van der Waals surface area (Å²) >= 11 is 0. The minimum Gasteiger partial charge on any atom is -0.390 e. The summed E-state index contributed by atoms with van der Waals surface area (Å²) in [7, 11) is 0. The number of hydrogen-bond donors (Lipinski definition) is 1. The first-order valence-electron chi connectivity index (χ1n) is 4.59. The molecule has 0 aliphatic carbocycles. The van der Waals surface area contributed by atoms with Crippen LogP contribution in [0.3, 0.4) is 0 Å². The second-order valence-electron chi connectivity index (χ2n) is 3.17. The first-order valence-corrected chi connectivity index (χ1v) is 4.59. The van der Waals surface area contributed by atoms with Gasteiger partial charge >= 0.3 is 0 Å². The topological polar surface area (TPSA) is 49.7 Å². The number of carbonyl (C=O) groups excluding carboxylic acids is 1. The molecule has 0 bridgehead atoms. The van der Waals surface area contributed by atoms with E-state index in [1.165, 1.54) is 0 Å². The van der Waals surface area contributed by atoms with Crippen molar-refractivity contribution in [2.75, 3.05) is 6.61 Å². The van der Waals surface area contributed by atoms with Crippen molar-refractivity contribution in [3.8, 4) is 0 Å². The summed E-state index contributed by atoms with van der Waals surface area (Å²) < 4.78 is 0. The standard InChI is InChI=1S/C12H13NO2/c1-9(2)11(8-14)13-12(15)10-6-4-3-5-7-10/h3-7,14H,1,8H2,2H3. The van der Waals surface area contributed by atoms with Crippen molar-refractivity contribution in [3.05, 3.63) is 48.0 Å². The van der Waals surface area contributed by atoms with Gasteiger partial charge in [0.15, 0.2) is 0 Å². The van der Waals surface area contributed by atoms with Crippen LogP contribution in [-0.2, 0) is 0 Å². The van der Waals surface area contributed by atoms with E-state index in [9.17, 15) is 4.79 Å². The molecule has 3 nitrogen and oxygen atoms in total. The fraction of sp³-hybridized carbons (Fsp3) is 0.167. The number of carbonyl (C=O) groups is 1. The van der Waals surface area contributed by atoms with Gasteiger partial charge in [0.1, 0.15) is 0 Å². The van der Waals surface area contributed by atoms with Crippen molar-refractivity contribution < 1.29 is 9.90 Å². The lowest BCUT2D eigenvalue weighted by Gasteiger charge is -2.00. The highest BCUT2D eigenvalue weighted by molar-refractivity contribution is 6.10. The molecule has 1 rings (SSSR count). The molecule has 3 heteroatoms. The van der Waals surface area contributed by atoms with E-state index in [0.29, 0.717) is 16.8 Å². The third kappa shape index (κ3) is 3.14. The fourth-order valence-electron chi connectivity index (χ4n) is 1.03. The molecule has 1 amide bonds. The molecule has 1 aromatic carbocycles. The molecular formula is C12H13NO2. The van der Waals surface area contributed by atoms with Crippen molar-refractivity contribution in [3.63, 3.8) is 0 Å². The van der Waals surface area contributed by atoms with Crippen LogP contribution < -0.4 is 0 Å². The van der Waals surface area contributed by atoms with Crippen LogP contribution >= 0.6 is 0 Å². The number of amides is 1. The Balaban J connectivity index is 2.92. The molecule has 0 saturated carbocycles. The molecule has 0 fully saturated rings. The number of aliphatic imine (C=N–C) groups is 1. The number of nitrogens with zero attached hydrogens (tertiary/aromatic N) is 1. The number of rotatable bonds is 3. The van der Waals surface area contributed by atoms with Gasteiger partial charge in [0.2, 0.25) is 0 Å². The summed E-state index contributed by atoms with van der Waals surface area (Å²) in [5, 5.41) is 8.95. The van der Waals surface area contributed by atoms with Crippen LogP contribution in [0.4, 0.5) is 0 Å². The maximum Gasteiger partial charge on any atom is 0.277 e. The number of aliphatic hydroxyl groups is 1. The summed E-state index contributed by atoms with van der Waals surface area (Å²) in [4.78, 5) is 15.4. The van der Waals surface area contributed by atoms with E-state index in [1.807, 2.05) is 6.07 Å². The average Bonchev–Trinajstić information content (AvgIpc) is 2.26. The molecule has 0 unspecified atom stereocenters. The fourth-order valence-corrected chi connectivity index (χ4v) is 1.03. The number of benzene rings is 1. The highest BCUT2D eigenvalue weighted by Gasteiger charge is 2.05. The lowest BCUT2D eigenvalue weighted by Crippen LogP contribution is -2.09. The maximum absolute atomic E-state index is 11.6. The first-order chi connectivity index (χ1) is 7.15. The Kier molecular flexibility index (Phi) is 3.94. The summed E-state index contributed by atoms with van der Waals surface area (Å²) in [6, 6.07) is 8.72. The Morgan fingerprint density at radius 1 is 1.40 bits per heavy atom. The Hall–Kier alpha value is -1.74. The Morgan fingerprint density at radius 2 is 2.00 bits per heavy atom. The Bertz CT molecular complexity index is 393.